The van der Waals surface area contributed by atoms with Crippen molar-refractivity contribution in [2.45, 2.75) is 58.0 Å². The molecule has 0 saturated heterocycles. The lowest BCUT2D eigenvalue weighted by Crippen LogP contribution is -2.10. The Kier molecular flexibility index (Phi) is 5.75. The third kappa shape index (κ3) is 4.27. The van der Waals surface area contributed by atoms with Crippen molar-refractivity contribution in [3.63, 3.8) is 0 Å². The van der Waals surface area contributed by atoms with Gasteiger partial charge in [0.25, 0.3) is 0 Å². The molecule has 0 N–H and O–H groups in total. The van der Waals surface area contributed by atoms with E-state index in [4.69, 9.17) is 0 Å². The molecule has 3 aromatic rings. The first kappa shape index (κ1) is 19.7. The van der Waals surface area contributed by atoms with Crippen LogP contribution < -0.4 is 0 Å². The smallest absolute Gasteiger partial charge is 0.196 e. The molecule has 0 bridgehead atoms. The second kappa shape index (κ2) is 7.89. The van der Waals surface area contributed by atoms with Crippen molar-refractivity contribution in [1.82, 2.24) is 14.8 Å². The minimum atomic E-state index is 0.141. The minimum absolute atomic E-state index is 0.141. The maximum absolute atomic E-state index is 4.52. The van der Waals surface area contributed by atoms with Gasteiger partial charge in [-0.05, 0) is 40.3 Å². The topological polar surface area (TPSA) is 30.7 Å². The molecule has 0 atom stereocenters. The lowest BCUT2D eigenvalue weighted by molar-refractivity contribution is 0.590. The van der Waals surface area contributed by atoms with Crippen LogP contribution in [-0.2, 0) is 5.41 Å². The highest BCUT2D eigenvalue weighted by molar-refractivity contribution is 7.99. The zero-order chi connectivity index (χ0) is 19.6. The highest BCUT2D eigenvalue weighted by Gasteiger charge is 2.18. The molecule has 0 aliphatic heterocycles. The van der Waals surface area contributed by atoms with Gasteiger partial charge < -0.3 is 0 Å². The second-order valence-electron chi connectivity index (χ2n) is 8.15. The standard InChI is InChI=1S/C23H29N3S/c1-7-27-22-25-24-21(18-8-12-19(13-9-18)23(4,5)6)26(22)20-14-10-17(11-15-20)16(2)3/h8-16H,7H2,1-6H3. The summed E-state index contributed by atoms with van der Waals surface area (Å²) in [4.78, 5) is 0. The van der Waals surface area contributed by atoms with Gasteiger partial charge in [-0.2, -0.15) is 0 Å². The normalized spacial score (nSPS) is 12.0. The fourth-order valence-corrected chi connectivity index (χ4v) is 3.72. The summed E-state index contributed by atoms with van der Waals surface area (Å²) in [5.74, 6) is 2.38. The molecule has 1 heterocycles. The molecule has 0 spiro atoms. The summed E-state index contributed by atoms with van der Waals surface area (Å²) >= 11 is 1.72. The Morgan fingerprint density at radius 2 is 1.56 bits per heavy atom. The van der Waals surface area contributed by atoms with Crippen LogP contribution in [0.25, 0.3) is 17.1 Å². The molecule has 4 heteroatoms. The highest BCUT2D eigenvalue weighted by Crippen LogP contribution is 2.30. The molecule has 1 aromatic heterocycles. The zero-order valence-corrected chi connectivity index (χ0v) is 18.0. The Morgan fingerprint density at radius 1 is 0.926 bits per heavy atom. The molecule has 0 radical (unpaired) electrons. The Hall–Kier alpha value is -2.07. The SMILES string of the molecule is CCSc1nnc(-c2ccc(C(C)(C)C)cc2)n1-c1ccc(C(C)C)cc1. The average Bonchev–Trinajstić information content (AvgIpc) is 3.05. The van der Waals surface area contributed by atoms with Crippen LogP contribution >= 0.6 is 11.8 Å². The van der Waals surface area contributed by atoms with Gasteiger partial charge in [0, 0.05) is 11.3 Å². The molecule has 0 fully saturated rings. The van der Waals surface area contributed by atoms with E-state index in [1.54, 1.807) is 11.8 Å². The van der Waals surface area contributed by atoms with Crippen molar-refractivity contribution in [2.24, 2.45) is 0 Å². The summed E-state index contributed by atoms with van der Waals surface area (Å²) < 4.78 is 2.17. The largest absolute Gasteiger partial charge is 0.270 e. The molecule has 0 amide bonds. The molecule has 142 valence electrons. The van der Waals surface area contributed by atoms with Crippen molar-refractivity contribution in [1.29, 1.82) is 0 Å². The van der Waals surface area contributed by atoms with Crippen LogP contribution in [0.1, 0.15) is 58.6 Å². The number of hydrogen-bond donors (Lipinski definition) is 0. The summed E-state index contributed by atoms with van der Waals surface area (Å²) in [6, 6.07) is 17.5. The van der Waals surface area contributed by atoms with E-state index in [2.05, 4.69) is 105 Å². The third-order valence-electron chi connectivity index (χ3n) is 4.73. The molecule has 0 aliphatic carbocycles. The first-order valence-corrected chi connectivity index (χ1v) is 10.6. The first-order valence-electron chi connectivity index (χ1n) is 9.60. The summed E-state index contributed by atoms with van der Waals surface area (Å²) in [6.07, 6.45) is 0. The zero-order valence-electron chi connectivity index (χ0n) is 17.2. The quantitative estimate of drug-likeness (QED) is 0.476. The maximum Gasteiger partial charge on any atom is 0.196 e. The fraction of sp³-hybridized carbons (Fsp3) is 0.391. The Morgan fingerprint density at radius 3 is 2.07 bits per heavy atom. The van der Waals surface area contributed by atoms with E-state index in [9.17, 15) is 0 Å². The highest BCUT2D eigenvalue weighted by atomic mass is 32.2. The lowest BCUT2D eigenvalue weighted by atomic mass is 9.87. The summed E-state index contributed by atoms with van der Waals surface area (Å²) in [6.45, 7) is 13.3. The summed E-state index contributed by atoms with van der Waals surface area (Å²) in [7, 11) is 0. The molecule has 0 aliphatic rings. The number of benzene rings is 2. The van der Waals surface area contributed by atoms with Gasteiger partial charge in [-0.15, -0.1) is 10.2 Å². The van der Waals surface area contributed by atoms with Crippen molar-refractivity contribution >= 4 is 11.8 Å². The number of thioether (sulfide) groups is 1. The van der Waals surface area contributed by atoms with Gasteiger partial charge in [0.1, 0.15) is 0 Å². The maximum atomic E-state index is 4.52. The van der Waals surface area contributed by atoms with Crippen LogP contribution in [0.15, 0.2) is 53.7 Å². The third-order valence-corrected chi connectivity index (χ3v) is 5.54. The van der Waals surface area contributed by atoms with E-state index in [0.717, 1.165) is 28.0 Å². The molecule has 2 aromatic carbocycles. The first-order chi connectivity index (χ1) is 12.8. The average molecular weight is 380 g/mol. The molecule has 27 heavy (non-hydrogen) atoms. The molecular weight excluding hydrogens is 350 g/mol. The van der Waals surface area contributed by atoms with E-state index in [1.165, 1.54) is 11.1 Å². The molecule has 0 unspecified atom stereocenters. The Bertz CT molecular complexity index is 885. The van der Waals surface area contributed by atoms with Gasteiger partial charge >= 0.3 is 0 Å². The van der Waals surface area contributed by atoms with E-state index >= 15 is 0 Å². The van der Waals surface area contributed by atoms with Crippen molar-refractivity contribution < 1.29 is 0 Å². The monoisotopic (exact) mass is 379 g/mol. The van der Waals surface area contributed by atoms with Crippen molar-refractivity contribution in [2.75, 3.05) is 5.75 Å². The van der Waals surface area contributed by atoms with Crippen molar-refractivity contribution in [3.05, 3.63) is 59.7 Å². The van der Waals surface area contributed by atoms with E-state index in [1.807, 2.05) is 0 Å². The predicted octanol–water partition coefficient (Wildman–Crippen LogP) is 6.47. The minimum Gasteiger partial charge on any atom is -0.270 e. The number of nitrogens with zero attached hydrogens (tertiary/aromatic N) is 3. The van der Waals surface area contributed by atoms with Gasteiger partial charge in [0.2, 0.25) is 0 Å². The number of hydrogen-bond acceptors (Lipinski definition) is 3. The Labute approximate surface area is 167 Å². The van der Waals surface area contributed by atoms with Gasteiger partial charge in [-0.1, -0.05) is 89.7 Å². The molecule has 3 nitrogen and oxygen atoms in total. The molecular formula is C23H29N3S. The van der Waals surface area contributed by atoms with Gasteiger partial charge in [-0.3, -0.25) is 4.57 Å². The summed E-state index contributed by atoms with van der Waals surface area (Å²) in [5.41, 5.74) is 5.00. The lowest BCUT2D eigenvalue weighted by Gasteiger charge is -2.19. The van der Waals surface area contributed by atoms with E-state index < -0.39 is 0 Å². The van der Waals surface area contributed by atoms with Crippen LogP contribution in [0.3, 0.4) is 0 Å². The van der Waals surface area contributed by atoms with Gasteiger partial charge in [-0.25, -0.2) is 0 Å². The fourth-order valence-electron chi connectivity index (χ4n) is 3.04. The second-order valence-corrected chi connectivity index (χ2v) is 9.38. The number of aromatic nitrogens is 3. The van der Waals surface area contributed by atoms with Gasteiger partial charge in [0.05, 0.1) is 0 Å². The molecule has 0 saturated carbocycles. The Balaban J connectivity index is 2.06. The van der Waals surface area contributed by atoms with Crippen LogP contribution in [0, 0.1) is 0 Å². The number of rotatable bonds is 5. The summed E-state index contributed by atoms with van der Waals surface area (Å²) in [5, 5.41) is 9.92. The van der Waals surface area contributed by atoms with Gasteiger partial charge in [0.15, 0.2) is 11.0 Å². The van der Waals surface area contributed by atoms with Crippen molar-refractivity contribution in [3.8, 4) is 17.1 Å². The predicted molar refractivity (Wildman–Crippen MR) is 116 cm³/mol. The van der Waals surface area contributed by atoms with Crippen LogP contribution in [0.5, 0.6) is 0 Å². The van der Waals surface area contributed by atoms with Crippen LogP contribution in [0.2, 0.25) is 0 Å². The van der Waals surface area contributed by atoms with Crippen LogP contribution in [-0.4, -0.2) is 20.5 Å². The molecule has 3 rings (SSSR count). The van der Waals surface area contributed by atoms with Crippen LogP contribution in [0.4, 0.5) is 0 Å². The van der Waals surface area contributed by atoms with E-state index in [0.29, 0.717) is 5.92 Å². The van der Waals surface area contributed by atoms with E-state index in [-0.39, 0.29) is 5.41 Å².